The number of para-hydroxylation sites is 1. The number of hydrogen-bond donors (Lipinski definition) is 0. The zero-order valence-corrected chi connectivity index (χ0v) is 27.7. The number of fused-ring (bicyclic) bond motifs is 1. The van der Waals surface area contributed by atoms with Gasteiger partial charge in [-0.25, -0.2) is 9.78 Å². The van der Waals surface area contributed by atoms with Crippen LogP contribution >= 0.6 is 47.8 Å². The second-order valence-electron chi connectivity index (χ2n) is 8.93. The number of benzene rings is 4. The van der Waals surface area contributed by atoms with Gasteiger partial charge in [0.15, 0.2) is 23.1 Å². The van der Waals surface area contributed by atoms with Crippen molar-refractivity contribution >= 4 is 70.9 Å². The Labute approximate surface area is 271 Å². The molecular formula is C31H22Br3N3O6. The van der Waals surface area contributed by atoms with Gasteiger partial charge in [-0.3, -0.25) is 4.79 Å². The smallest absolute Gasteiger partial charge is 0.343 e. The highest BCUT2D eigenvalue weighted by molar-refractivity contribution is 9.11. The number of halogens is 3. The van der Waals surface area contributed by atoms with Gasteiger partial charge in [-0.2, -0.15) is 9.78 Å². The third kappa shape index (κ3) is 6.36. The summed E-state index contributed by atoms with van der Waals surface area (Å²) in [7, 11) is 4.51. The lowest BCUT2D eigenvalue weighted by Gasteiger charge is -2.15. The number of hydrogen-bond acceptors (Lipinski definition) is 8. The Hall–Kier alpha value is -4.00. The Morgan fingerprint density at radius 2 is 1.51 bits per heavy atom. The molecule has 0 aliphatic carbocycles. The quantitative estimate of drug-likeness (QED) is 0.0917. The van der Waals surface area contributed by atoms with Crippen LogP contribution in [0.1, 0.15) is 15.9 Å². The molecule has 0 amide bonds. The van der Waals surface area contributed by atoms with Crippen molar-refractivity contribution in [2.75, 3.05) is 21.3 Å². The first-order chi connectivity index (χ1) is 20.7. The summed E-state index contributed by atoms with van der Waals surface area (Å²) in [5.41, 5.74) is 1.35. The van der Waals surface area contributed by atoms with Gasteiger partial charge in [-0.1, -0.05) is 44.0 Å². The average Bonchev–Trinajstić information content (AvgIpc) is 3.01. The van der Waals surface area contributed by atoms with Crippen molar-refractivity contribution in [3.05, 3.63) is 108 Å². The second-order valence-corrected chi connectivity index (χ2v) is 11.6. The van der Waals surface area contributed by atoms with Crippen molar-refractivity contribution in [2.45, 2.75) is 0 Å². The van der Waals surface area contributed by atoms with E-state index in [2.05, 4.69) is 52.9 Å². The van der Waals surface area contributed by atoms with Crippen LogP contribution in [0.15, 0.2) is 96.1 Å². The van der Waals surface area contributed by atoms with E-state index in [1.165, 1.54) is 32.2 Å². The largest absolute Gasteiger partial charge is 0.493 e. The number of methoxy groups -OCH3 is 3. The molecule has 1 aromatic heterocycles. The summed E-state index contributed by atoms with van der Waals surface area (Å²) in [4.78, 5) is 31.6. The van der Waals surface area contributed by atoms with E-state index in [4.69, 9.17) is 23.9 Å². The van der Waals surface area contributed by atoms with Crippen LogP contribution < -0.4 is 24.5 Å². The van der Waals surface area contributed by atoms with Crippen LogP contribution in [0.5, 0.6) is 23.0 Å². The molecule has 5 rings (SSSR count). The van der Waals surface area contributed by atoms with E-state index in [1.54, 1.807) is 72.8 Å². The maximum Gasteiger partial charge on any atom is 0.343 e. The van der Waals surface area contributed by atoms with Crippen molar-refractivity contribution in [1.29, 1.82) is 0 Å². The summed E-state index contributed by atoms with van der Waals surface area (Å²) in [6, 6.07) is 20.6. The lowest BCUT2D eigenvalue weighted by atomic mass is 10.1. The topological polar surface area (TPSA) is 101 Å². The Balaban J connectivity index is 1.67. The van der Waals surface area contributed by atoms with E-state index in [9.17, 15) is 9.59 Å². The third-order valence-electron chi connectivity index (χ3n) is 6.30. The Bertz CT molecular complexity index is 1920. The standard InChI is InChI=1S/C31H22Br3N3O6/c1-40-25-13-18(14-26(41-2)28(25)42-3)29-36-24-7-5-4-6-22(24)30(38)37(29)35-16-19-12-21(33)15-23(34)27(19)43-31(39)17-8-10-20(32)11-9-17/h4-16H,1-3H3. The molecule has 218 valence electrons. The maximum atomic E-state index is 13.8. The molecule has 0 atom stereocenters. The minimum Gasteiger partial charge on any atom is -0.493 e. The number of esters is 1. The van der Waals surface area contributed by atoms with Crippen LogP contribution in [0, 0.1) is 0 Å². The third-order valence-corrected chi connectivity index (χ3v) is 7.88. The normalized spacial score (nSPS) is 11.1. The fraction of sp³-hybridized carbons (Fsp3) is 0.0968. The van der Waals surface area contributed by atoms with Crippen molar-refractivity contribution < 1.29 is 23.7 Å². The van der Waals surface area contributed by atoms with Crippen molar-refractivity contribution in [3.8, 4) is 34.4 Å². The van der Waals surface area contributed by atoms with Gasteiger partial charge in [0, 0.05) is 20.1 Å². The minimum absolute atomic E-state index is 0.219. The van der Waals surface area contributed by atoms with Gasteiger partial charge in [-0.05, 0) is 76.6 Å². The summed E-state index contributed by atoms with van der Waals surface area (Å²) < 4.78 is 25.5. The maximum absolute atomic E-state index is 13.8. The molecule has 43 heavy (non-hydrogen) atoms. The van der Waals surface area contributed by atoms with Crippen LogP contribution in [0.25, 0.3) is 22.3 Å². The first-order valence-electron chi connectivity index (χ1n) is 12.6. The number of rotatable bonds is 8. The van der Waals surface area contributed by atoms with E-state index in [0.29, 0.717) is 53.8 Å². The monoisotopic (exact) mass is 769 g/mol. The number of carbonyl (C=O) groups is 1. The number of carbonyl (C=O) groups excluding carboxylic acids is 1. The van der Waals surface area contributed by atoms with E-state index < -0.39 is 11.5 Å². The highest BCUT2D eigenvalue weighted by atomic mass is 79.9. The minimum atomic E-state index is -0.562. The Morgan fingerprint density at radius 1 is 0.837 bits per heavy atom. The van der Waals surface area contributed by atoms with Crippen LogP contribution in [-0.4, -0.2) is 43.2 Å². The van der Waals surface area contributed by atoms with Crippen LogP contribution in [0.4, 0.5) is 0 Å². The lowest BCUT2D eigenvalue weighted by Crippen LogP contribution is -2.20. The molecule has 4 aromatic carbocycles. The zero-order valence-electron chi connectivity index (χ0n) is 22.9. The molecule has 0 aliphatic heterocycles. The van der Waals surface area contributed by atoms with Crippen molar-refractivity contribution in [1.82, 2.24) is 9.66 Å². The van der Waals surface area contributed by atoms with Crippen LogP contribution in [0.2, 0.25) is 0 Å². The molecule has 0 N–H and O–H groups in total. The number of aromatic nitrogens is 2. The molecule has 0 aliphatic rings. The highest BCUT2D eigenvalue weighted by Gasteiger charge is 2.20. The summed E-state index contributed by atoms with van der Waals surface area (Å²) >= 11 is 10.3. The van der Waals surface area contributed by atoms with Gasteiger partial charge in [0.25, 0.3) is 5.56 Å². The van der Waals surface area contributed by atoms with Gasteiger partial charge >= 0.3 is 5.97 Å². The predicted octanol–water partition coefficient (Wildman–Crippen LogP) is 7.48. The summed E-state index contributed by atoms with van der Waals surface area (Å²) in [5.74, 6) is 1.04. The Kier molecular flexibility index (Phi) is 9.28. The number of nitrogens with zero attached hydrogens (tertiary/aromatic N) is 3. The van der Waals surface area contributed by atoms with Gasteiger partial charge < -0.3 is 18.9 Å². The van der Waals surface area contributed by atoms with Crippen molar-refractivity contribution in [3.63, 3.8) is 0 Å². The second kappa shape index (κ2) is 13.1. The van der Waals surface area contributed by atoms with Gasteiger partial charge in [0.2, 0.25) is 5.75 Å². The first kappa shape index (κ1) is 30.5. The molecule has 0 radical (unpaired) electrons. The molecule has 5 aromatic rings. The fourth-order valence-electron chi connectivity index (χ4n) is 4.27. The van der Waals surface area contributed by atoms with E-state index in [0.717, 1.165) is 4.47 Å². The predicted molar refractivity (Wildman–Crippen MR) is 175 cm³/mol. The van der Waals surface area contributed by atoms with Gasteiger partial charge in [-0.15, -0.1) is 0 Å². The molecule has 12 heteroatoms. The first-order valence-corrected chi connectivity index (χ1v) is 14.9. The lowest BCUT2D eigenvalue weighted by molar-refractivity contribution is 0.0733. The zero-order chi connectivity index (χ0) is 30.7. The van der Waals surface area contributed by atoms with E-state index in [-0.39, 0.29) is 11.6 Å². The average molecular weight is 772 g/mol. The van der Waals surface area contributed by atoms with Crippen molar-refractivity contribution in [2.24, 2.45) is 5.10 Å². The molecular weight excluding hydrogens is 750 g/mol. The van der Waals surface area contributed by atoms with Gasteiger partial charge in [0.05, 0.1) is 48.5 Å². The molecule has 9 nitrogen and oxygen atoms in total. The molecule has 0 spiro atoms. The summed E-state index contributed by atoms with van der Waals surface area (Å²) in [6.45, 7) is 0. The van der Waals surface area contributed by atoms with E-state index >= 15 is 0 Å². The molecule has 0 unspecified atom stereocenters. The van der Waals surface area contributed by atoms with Crippen LogP contribution in [-0.2, 0) is 0 Å². The fourth-order valence-corrected chi connectivity index (χ4v) is 5.87. The molecule has 0 saturated heterocycles. The molecule has 1 heterocycles. The Morgan fingerprint density at radius 3 is 2.16 bits per heavy atom. The highest BCUT2D eigenvalue weighted by Crippen LogP contribution is 2.41. The summed E-state index contributed by atoms with van der Waals surface area (Å²) in [6.07, 6.45) is 1.43. The van der Waals surface area contributed by atoms with Gasteiger partial charge in [0.1, 0.15) is 0 Å². The summed E-state index contributed by atoms with van der Waals surface area (Å²) in [5, 5.41) is 4.92. The number of ether oxygens (including phenoxy) is 4. The van der Waals surface area contributed by atoms with Crippen LogP contribution in [0.3, 0.4) is 0 Å². The molecule has 0 bridgehead atoms. The SMILES string of the molecule is COc1cc(-c2nc3ccccc3c(=O)n2N=Cc2cc(Br)cc(Br)c2OC(=O)c2ccc(Br)cc2)cc(OC)c1OC. The molecule has 0 fully saturated rings. The van der Waals surface area contributed by atoms with E-state index in [1.807, 2.05) is 0 Å². The molecule has 0 saturated carbocycles.